The highest BCUT2D eigenvalue weighted by Crippen LogP contribution is 2.39. The second-order valence-corrected chi connectivity index (χ2v) is 4.07. The van der Waals surface area contributed by atoms with Crippen molar-refractivity contribution in [3.05, 3.63) is 0 Å². The Labute approximate surface area is 62.8 Å². The highest BCUT2D eigenvalue weighted by atomic mass is 19.1. The second kappa shape index (κ2) is 2.52. The maximum Gasteiger partial charge on any atom is 0.111 e. The molecule has 0 N–H and O–H groups in total. The largest absolute Gasteiger partial charge is 0.244 e. The van der Waals surface area contributed by atoms with Gasteiger partial charge in [0.25, 0.3) is 0 Å². The third-order valence-corrected chi connectivity index (χ3v) is 2.87. The summed E-state index contributed by atoms with van der Waals surface area (Å²) in [5.41, 5.74) is -0.891. The minimum Gasteiger partial charge on any atom is -0.244 e. The molecule has 0 heterocycles. The third-order valence-electron chi connectivity index (χ3n) is 2.87. The number of alkyl halides is 1. The van der Waals surface area contributed by atoms with Crippen LogP contribution in [0.4, 0.5) is 4.39 Å². The lowest BCUT2D eigenvalue weighted by Gasteiger charge is -2.35. The monoisotopic (exact) mass is 144 g/mol. The second-order valence-electron chi connectivity index (χ2n) is 4.07. The maximum atomic E-state index is 13.5. The van der Waals surface area contributed by atoms with Crippen molar-refractivity contribution in [3.63, 3.8) is 0 Å². The SMILES string of the molecule is CC1CCC(C)C(C)(F)C1. The smallest absolute Gasteiger partial charge is 0.111 e. The van der Waals surface area contributed by atoms with Gasteiger partial charge in [0.2, 0.25) is 0 Å². The topological polar surface area (TPSA) is 0 Å². The van der Waals surface area contributed by atoms with Crippen molar-refractivity contribution in [1.29, 1.82) is 0 Å². The first kappa shape index (κ1) is 8.03. The zero-order chi connectivity index (χ0) is 7.78. The van der Waals surface area contributed by atoms with Gasteiger partial charge in [0.15, 0.2) is 0 Å². The first-order chi connectivity index (χ1) is 4.52. The number of hydrogen-bond acceptors (Lipinski definition) is 0. The number of halogens is 1. The lowest BCUT2D eigenvalue weighted by Crippen LogP contribution is -2.34. The molecule has 1 rings (SSSR count). The van der Waals surface area contributed by atoms with E-state index in [9.17, 15) is 4.39 Å². The van der Waals surface area contributed by atoms with Crippen LogP contribution in [0.1, 0.15) is 40.0 Å². The summed E-state index contributed by atoms with van der Waals surface area (Å²) in [6, 6.07) is 0. The number of hydrogen-bond donors (Lipinski definition) is 0. The Bertz CT molecular complexity index is 118. The molecule has 0 aromatic heterocycles. The van der Waals surface area contributed by atoms with E-state index in [1.807, 2.05) is 6.92 Å². The highest BCUT2D eigenvalue weighted by Gasteiger charge is 2.36. The average Bonchev–Trinajstić information content (AvgIpc) is 1.78. The van der Waals surface area contributed by atoms with Gasteiger partial charge < -0.3 is 0 Å². The summed E-state index contributed by atoms with van der Waals surface area (Å²) in [4.78, 5) is 0. The summed E-state index contributed by atoms with van der Waals surface area (Å²) in [5, 5.41) is 0. The normalized spacial score (nSPS) is 49.2. The molecule has 1 fully saturated rings. The molecule has 0 amide bonds. The van der Waals surface area contributed by atoms with Gasteiger partial charge in [0, 0.05) is 0 Å². The van der Waals surface area contributed by atoms with Crippen LogP contribution in [-0.4, -0.2) is 5.67 Å². The van der Waals surface area contributed by atoms with Crippen LogP contribution in [-0.2, 0) is 0 Å². The molecule has 0 nitrogen and oxygen atoms in total. The van der Waals surface area contributed by atoms with Gasteiger partial charge in [0.05, 0.1) is 0 Å². The van der Waals surface area contributed by atoms with Crippen molar-refractivity contribution in [3.8, 4) is 0 Å². The lowest BCUT2D eigenvalue weighted by molar-refractivity contribution is 0.0431. The van der Waals surface area contributed by atoms with Crippen molar-refractivity contribution in [2.75, 3.05) is 0 Å². The summed E-state index contributed by atoms with van der Waals surface area (Å²) < 4.78 is 13.5. The zero-order valence-electron chi connectivity index (χ0n) is 7.15. The minimum absolute atomic E-state index is 0.267. The molecule has 0 aromatic rings. The molecule has 3 unspecified atom stereocenters. The lowest BCUT2D eigenvalue weighted by atomic mass is 9.74. The third kappa shape index (κ3) is 1.50. The van der Waals surface area contributed by atoms with Gasteiger partial charge in [-0.1, -0.05) is 20.3 Å². The molecule has 1 saturated carbocycles. The standard InChI is InChI=1S/C9H17F/c1-7-4-5-8(2)9(3,10)6-7/h7-8H,4-6H2,1-3H3. The van der Waals surface area contributed by atoms with E-state index >= 15 is 0 Å². The summed E-state index contributed by atoms with van der Waals surface area (Å²) in [7, 11) is 0. The molecule has 1 heteroatoms. The van der Waals surface area contributed by atoms with E-state index in [1.165, 1.54) is 6.42 Å². The Hall–Kier alpha value is -0.0700. The van der Waals surface area contributed by atoms with Crippen LogP contribution in [0.15, 0.2) is 0 Å². The van der Waals surface area contributed by atoms with E-state index in [2.05, 4.69) is 6.92 Å². The van der Waals surface area contributed by atoms with Crippen LogP contribution in [0, 0.1) is 11.8 Å². The molecule has 0 saturated heterocycles. The molecule has 10 heavy (non-hydrogen) atoms. The van der Waals surface area contributed by atoms with E-state index in [-0.39, 0.29) is 5.92 Å². The predicted octanol–water partition coefficient (Wildman–Crippen LogP) is 3.17. The van der Waals surface area contributed by atoms with Gasteiger partial charge in [-0.2, -0.15) is 0 Å². The molecular weight excluding hydrogens is 127 g/mol. The molecule has 0 aromatic carbocycles. The average molecular weight is 144 g/mol. The molecular formula is C9H17F. The van der Waals surface area contributed by atoms with Crippen molar-refractivity contribution >= 4 is 0 Å². The van der Waals surface area contributed by atoms with Crippen LogP contribution in [0.3, 0.4) is 0 Å². The van der Waals surface area contributed by atoms with Gasteiger partial charge in [0.1, 0.15) is 5.67 Å². The molecule has 3 atom stereocenters. The first-order valence-electron chi connectivity index (χ1n) is 4.21. The first-order valence-corrected chi connectivity index (χ1v) is 4.21. The highest BCUT2D eigenvalue weighted by molar-refractivity contribution is 4.86. The summed E-state index contributed by atoms with van der Waals surface area (Å²) in [6.07, 6.45) is 3.03. The fraction of sp³-hybridized carbons (Fsp3) is 1.00. The summed E-state index contributed by atoms with van der Waals surface area (Å²) >= 11 is 0. The Morgan fingerprint density at radius 3 is 2.30 bits per heavy atom. The Morgan fingerprint density at radius 1 is 1.30 bits per heavy atom. The summed E-state index contributed by atoms with van der Waals surface area (Å²) in [5.74, 6) is 0.856. The van der Waals surface area contributed by atoms with Crippen molar-refractivity contribution in [2.24, 2.45) is 11.8 Å². The van der Waals surface area contributed by atoms with Crippen LogP contribution in [0.25, 0.3) is 0 Å². The van der Waals surface area contributed by atoms with E-state index in [0.717, 1.165) is 12.8 Å². The van der Waals surface area contributed by atoms with E-state index in [0.29, 0.717) is 5.92 Å². The van der Waals surface area contributed by atoms with E-state index in [1.54, 1.807) is 6.92 Å². The Kier molecular flexibility index (Phi) is 2.02. The molecule has 0 spiro atoms. The molecule has 1 aliphatic carbocycles. The zero-order valence-corrected chi connectivity index (χ0v) is 7.15. The van der Waals surface area contributed by atoms with Gasteiger partial charge in [-0.25, -0.2) is 4.39 Å². The predicted molar refractivity (Wildman–Crippen MR) is 41.7 cm³/mol. The van der Waals surface area contributed by atoms with E-state index < -0.39 is 5.67 Å². The quantitative estimate of drug-likeness (QED) is 0.490. The van der Waals surface area contributed by atoms with Crippen LogP contribution < -0.4 is 0 Å². The fourth-order valence-corrected chi connectivity index (χ4v) is 1.82. The van der Waals surface area contributed by atoms with Gasteiger partial charge in [-0.15, -0.1) is 0 Å². The minimum atomic E-state index is -0.891. The van der Waals surface area contributed by atoms with Crippen LogP contribution >= 0.6 is 0 Å². The van der Waals surface area contributed by atoms with Crippen LogP contribution in [0.2, 0.25) is 0 Å². The van der Waals surface area contributed by atoms with Crippen molar-refractivity contribution in [2.45, 2.75) is 45.7 Å². The molecule has 0 bridgehead atoms. The van der Waals surface area contributed by atoms with Crippen molar-refractivity contribution < 1.29 is 4.39 Å². The van der Waals surface area contributed by atoms with Gasteiger partial charge in [-0.3, -0.25) is 0 Å². The Balaban J connectivity index is 2.55. The van der Waals surface area contributed by atoms with Crippen molar-refractivity contribution in [1.82, 2.24) is 0 Å². The fourth-order valence-electron chi connectivity index (χ4n) is 1.82. The molecule has 0 radical (unpaired) electrons. The molecule has 60 valence electrons. The Morgan fingerprint density at radius 2 is 1.90 bits per heavy atom. The van der Waals surface area contributed by atoms with Gasteiger partial charge in [-0.05, 0) is 31.6 Å². The number of rotatable bonds is 0. The summed E-state index contributed by atoms with van der Waals surface area (Å²) in [6.45, 7) is 5.91. The van der Waals surface area contributed by atoms with E-state index in [4.69, 9.17) is 0 Å². The molecule has 0 aliphatic heterocycles. The van der Waals surface area contributed by atoms with Gasteiger partial charge >= 0.3 is 0 Å². The van der Waals surface area contributed by atoms with Crippen LogP contribution in [0.5, 0.6) is 0 Å². The maximum absolute atomic E-state index is 13.5. The molecule has 1 aliphatic rings.